The summed E-state index contributed by atoms with van der Waals surface area (Å²) in [6.45, 7) is 2.08. The fourth-order valence-corrected chi connectivity index (χ4v) is 2.33. The van der Waals surface area contributed by atoms with Crippen molar-refractivity contribution in [2.24, 2.45) is 11.8 Å². The number of carbonyl (C=O) groups is 2. The summed E-state index contributed by atoms with van der Waals surface area (Å²) in [5.41, 5.74) is 0. The van der Waals surface area contributed by atoms with Gasteiger partial charge in [0.05, 0.1) is 5.92 Å². The fraction of sp³-hybridized carbons (Fsp3) is 0.818. The second-order valence-electron chi connectivity index (χ2n) is 4.92. The molecule has 4 atom stereocenters. The molecule has 2 amide bonds. The standard InChI is InChI=1S/C11H18N2O3/c1-6-5-9(6)13-11(16)12-8-4-2-3-7(8)10(14)15/h6-9H,2-5H2,1H3,(H,14,15)(H2,12,13,16). The van der Waals surface area contributed by atoms with Crippen LogP contribution >= 0.6 is 0 Å². The van der Waals surface area contributed by atoms with E-state index in [2.05, 4.69) is 17.6 Å². The lowest BCUT2D eigenvalue weighted by molar-refractivity contribution is -0.142. The zero-order valence-corrected chi connectivity index (χ0v) is 9.40. The van der Waals surface area contributed by atoms with Gasteiger partial charge in [0.2, 0.25) is 0 Å². The molecule has 3 N–H and O–H groups in total. The molecule has 4 unspecified atom stereocenters. The minimum absolute atomic E-state index is 0.202. The molecule has 90 valence electrons. The first-order valence-corrected chi connectivity index (χ1v) is 5.87. The van der Waals surface area contributed by atoms with Gasteiger partial charge in [-0.05, 0) is 25.2 Å². The number of nitrogens with one attached hydrogen (secondary N) is 2. The van der Waals surface area contributed by atoms with Crippen molar-refractivity contribution in [3.63, 3.8) is 0 Å². The molecule has 2 aliphatic carbocycles. The molecule has 2 fully saturated rings. The van der Waals surface area contributed by atoms with Crippen molar-refractivity contribution in [1.29, 1.82) is 0 Å². The molecule has 2 aliphatic rings. The van der Waals surface area contributed by atoms with Crippen LogP contribution in [0.1, 0.15) is 32.6 Å². The van der Waals surface area contributed by atoms with E-state index in [0.717, 1.165) is 19.3 Å². The molecule has 0 aliphatic heterocycles. The summed E-state index contributed by atoms with van der Waals surface area (Å²) < 4.78 is 0. The van der Waals surface area contributed by atoms with Crippen molar-refractivity contribution in [3.05, 3.63) is 0 Å². The van der Waals surface area contributed by atoms with Gasteiger partial charge in [-0.25, -0.2) is 4.79 Å². The summed E-state index contributed by atoms with van der Waals surface area (Å²) in [6.07, 6.45) is 3.34. The average Bonchev–Trinajstić information content (AvgIpc) is 2.72. The van der Waals surface area contributed by atoms with Gasteiger partial charge in [0.25, 0.3) is 0 Å². The summed E-state index contributed by atoms with van der Waals surface area (Å²) in [5.74, 6) is -0.658. The van der Waals surface area contributed by atoms with Crippen LogP contribution in [0.3, 0.4) is 0 Å². The Morgan fingerprint density at radius 1 is 1.19 bits per heavy atom. The fourth-order valence-electron chi connectivity index (χ4n) is 2.33. The maximum atomic E-state index is 11.5. The molecule has 0 aromatic carbocycles. The second kappa shape index (κ2) is 4.31. The molecule has 0 bridgehead atoms. The molecular weight excluding hydrogens is 208 g/mol. The maximum absolute atomic E-state index is 11.5. The van der Waals surface area contributed by atoms with Crippen molar-refractivity contribution in [2.45, 2.75) is 44.7 Å². The first-order chi connectivity index (χ1) is 7.58. The molecule has 0 aromatic heterocycles. The molecule has 0 radical (unpaired) electrons. The van der Waals surface area contributed by atoms with Gasteiger partial charge in [0.15, 0.2) is 0 Å². The van der Waals surface area contributed by atoms with Crippen LogP contribution in [0.2, 0.25) is 0 Å². The number of carboxylic acid groups (broad SMARTS) is 1. The molecule has 5 nitrogen and oxygen atoms in total. The number of aliphatic carboxylic acids is 1. The van der Waals surface area contributed by atoms with Gasteiger partial charge in [-0.2, -0.15) is 0 Å². The first-order valence-electron chi connectivity index (χ1n) is 5.87. The summed E-state index contributed by atoms with van der Waals surface area (Å²) >= 11 is 0. The Morgan fingerprint density at radius 3 is 2.38 bits per heavy atom. The smallest absolute Gasteiger partial charge is 0.315 e. The Balaban J connectivity index is 1.79. The summed E-state index contributed by atoms with van der Waals surface area (Å²) in [7, 11) is 0. The van der Waals surface area contributed by atoms with Crippen LogP contribution in [0.4, 0.5) is 4.79 Å². The minimum atomic E-state index is -0.803. The van der Waals surface area contributed by atoms with E-state index >= 15 is 0 Å². The van der Waals surface area contributed by atoms with Crippen molar-refractivity contribution in [3.8, 4) is 0 Å². The molecule has 0 heterocycles. The highest BCUT2D eigenvalue weighted by Gasteiger charge is 2.37. The van der Waals surface area contributed by atoms with Crippen LogP contribution in [0.25, 0.3) is 0 Å². The molecule has 5 heteroatoms. The van der Waals surface area contributed by atoms with Crippen molar-refractivity contribution < 1.29 is 14.7 Å². The molecule has 2 rings (SSSR count). The summed E-state index contributed by atoms with van der Waals surface area (Å²) in [4.78, 5) is 22.5. The maximum Gasteiger partial charge on any atom is 0.315 e. The van der Waals surface area contributed by atoms with Crippen LogP contribution in [0.5, 0.6) is 0 Å². The lowest BCUT2D eigenvalue weighted by Gasteiger charge is -2.17. The topological polar surface area (TPSA) is 78.4 Å². The van der Waals surface area contributed by atoms with Gasteiger partial charge in [0, 0.05) is 12.1 Å². The lowest BCUT2D eigenvalue weighted by Crippen LogP contribution is -2.46. The second-order valence-corrected chi connectivity index (χ2v) is 4.92. The number of hydrogen-bond donors (Lipinski definition) is 3. The Bertz CT molecular complexity index is 306. The quantitative estimate of drug-likeness (QED) is 0.670. The number of urea groups is 1. The van der Waals surface area contributed by atoms with E-state index in [4.69, 9.17) is 5.11 Å². The Kier molecular flexibility index (Phi) is 3.03. The van der Waals surface area contributed by atoms with Gasteiger partial charge in [-0.3, -0.25) is 4.79 Å². The third-order valence-electron chi connectivity index (χ3n) is 3.58. The van der Waals surface area contributed by atoms with E-state index in [9.17, 15) is 9.59 Å². The summed E-state index contributed by atoms with van der Waals surface area (Å²) in [5, 5.41) is 14.6. The van der Waals surface area contributed by atoms with Crippen molar-refractivity contribution in [1.82, 2.24) is 10.6 Å². The molecule has 0 aromatic rings. The highest BCUT2D eigenvalue weighted by Crippen LogP contribution is 2.29. The van der Waals surface area contributed by atoms with Crippen LogP contribution < -0.4 is 10.6 Å². The van der Waals surface area contributed by atoms with Crippen molar-refractivity contribution >= 4 is 12.0 Å². The molecule has 2 saturated carbocycles. The first kappa shape index (κ1) is 11.2. The molecular formula is C11H18N2O3. The van der Waals surface area contributed by atoms with Gasteiger partial charge >= 0.3 is 12.0 Å². The monoisotopic (exact) mass is 226 g/mol. The molecule has 0 saturated heterocycles. The molecule has 16 heavy (non-hydrogen) atoms. The van der Waals surface area contributed by atoms with Crippen LogP contribution in [-0.4, -0.2) is 29.2 Å². The largest absolute Gasteiger partial charge is 0.481 e. The van der Waals surface area contributed by atoms with E-state index in [-0.39, 0.29) is 18.1 Å². The predicted octanol–water partition coefficient (Wildman–Crippen LogP) is 0.947. The van der Waals surface area contributed by atoms with E-state index in [1.165, 1.54) is 0 Å². The van der Waals surface area contributed by atoms with E-state index in [1.807, 2.05) is 0 Å². The molecule has 0 spiro atoms. The minimum Gasteiger partial charge on any atom is -0.481 e. The third-order valence-corrected chi connectivity index (χ3v) is 3.58. The zero-order valence-electron chi connectivity index (χ0n) is 9.40. The number of hydrogen-bond acceptors (Lipinski definition) is 2. The lowest BCUT2D eigenvalue weighted by atomic mass is 10.0. The Hall–Kier alpha value is -1.26. The highest BCUT2D eigenvalue weighted by atomic mass is 16.4. The van der Waals surface area contributed by atoms with E-state index < -0.39 is 11.9 Å². The van der Waals surface area contributed by atoms with Gasteiger partial charge in [-0.15, -0.1) is 0 Å². The van der Waals surface area contributed by atoms with E-state index in [1.54, 1.807) is 0 Å². The van der Waals surface area contributed by atoms with Gasteiger partial charge in [-0.1, -0.05) is 13.3 Å². The Labute approximate surface area is 94.6 Å². The van der Waals surface area contributed by atoms with Crippen molar-refractivity contribution in [2.75, 3.05) is 0 Å². The zero-order chi connectivity index (χ0) is 11.7. The predicted molar refractivity (Wildman–Crippen MR) is 58.0 cm³/mol. The van der Waals surface area contributed by atoms with Gasteiger partial charge < -0.3 is 15.7 Å². The number of rotatable bonds is 3. The van der Waals surface area contributed by atoms with Crippen LogP contribution in [-0.2, 0) is 4.79 Å². The highest BCUT2D eigenvalue weighted by molar-refractivity contribution is 5.77. The normalized spacial score (nSPS) is 36.8. The Morgan fingerprint density at radius 2 is 1.81 bits per heavy atom. The van der Waals surface area contributed by atoms with Gasteiger partial charge in [0.1, 0.15) is 0 Å². The van der Waals surface area contributed by atoms with Crippen LogP contribution in [0, 0.1) is 11.8 Å². The van der Waals surface area contributed by atoms with E-state index in [0.29, 0.717) is 12.3 Å². The SMILES string of the molecule is CC1CC1NC(=O)NC1CCCC1C(=O)O. The number of carboxylic acids is 1. The summed E-state index contributed by atoms with van der Waals surface area (Å²) in [6, 6.07) is -0.135. The number of carbonyl (C=O) groups excluding carboxylic acids is 1. The van der Waals surface area contributed by atoms with Crippen LogP contribution in [0.15, 0.2) is 0 Å². The average molecular weight is 226 g/mol. The number of amides is 2. The third kappa shape index (κ3) is 2.46.